The van der Waals surface area contributed by atoms with Crippen molar-refractivity contribution >= 4 is 17.8 Å². The quantitative estimate of drug-likeness (QED) is 0.521. The monoisotopic (exact) mass is 478 g/mol. The molecule has 0 saturated carbocycles. The molecule has 0 unspecified atom stereocenters. The number of carbonyl (C=O) groups is 2. The summed E-state index contributed by atoms with van der Waals surface area (Å²) in [5.74, 6) is 0.167. The lowest BCUT2D eigenvalue weighted by Crippen LogP contribution is -2.57. The molecule has 35 heavy (non-hydrogen) atoms. The number of aliphatic imine (C=N–C) groups is 1. The summed E-state index contributed by atoms with van der Waals surface area (Å²) in [6.45, 7) is 8.08. The predicted molar refractivity (Wildman–Crippen MR) is 129 cm³/mol. The molecule has 0 aliphatic carbocycles. The highest BCUT2D eigenvalue weighted by Gasteiger charge is 2.42. The van der Waals surface area contributed by atoms with Crippen molar-refractivity contribution in [3.05, 3.63) is 59.2 Å². The minimum absolute atomic E-state index is 0.213. The van der Waals surface area contributed by atoms with Crippen LogP contribution < -0.4 is 14.8 Å². The van der Waals surface area contributed by atoms with Crippen LogP contribution in [0.1, 0.15) is 29.7 Å². The molecule has 3 heterocycles. The standard InChI is InChI=1S/C26H30N4O5/c1-3-33-25(32)22-23(19-6-4-5-17(2)13-19)27-26(28-24(22)31)30-11-9-29(10-12-30)15-18-7-8-20-21(14-18)35-16-34-20/h4-8,13-14,22-23H,3,9-12,15-16H2,1-2H3,(H,27,28,31)/t22-,23+/m0/s1. The fourth-order valence-electron chi connectivity index (χ4n) is 4.73. The Morgan fingerprint density at radius 3 is 2.69 bits per heavy atom. The van der Waals surface area contributed by atoms with E-state index in [1.54, 1.807) is 6.92 Å². The number of rotatable bonds is 5. The summed E-state index contributed by atoms with van der Waals surface area (Å²) in [4.78, 5) is 35.0. The van der Waals surface area contributed by atoms with Gasteiger partial charge in [0.05, 0.1) is 6.61 Å². The second kappa shape index (κ2) is 9.95. The number of piperazine rings is 1. The maximum absolute atomic E-state index is 13.1. The Morgan fingerprint density at radius 2 is 1.91 bits per heavy atom. The number of carbonyl (C=O) groups excluding carboxylic acids is 2. The molecule has 2 atom stereocenters. The van der Waals surface area contributed by atoms with Crippen LogP contribution in [0.4, 0.5) is 0 Å². The van der Waals surface area contributed by atoms with Crippen LogP contribution in [-0.2, 0) is 20.9 Å². The zero-order chi connectivity index (χ0) is 24.4. The molecule has 1 N–H and O–H groups in total. The molecule has 1 amide bonds. The lowest BCUT2D eigenvalue weighted by Gasteiger charge is -2.39. The number of aryl methyl sites for hydroxylation is 1. The van der Waals surface area contributed by atoms with E-state index in [-0.39, 0.29) is 19.3 Å². The van der Waals surface area contributed by atoms with Crippen LogP contribution in [0.2, 0.25) is 0 Å². The van der Waals surface area contributed by atoms with E-state index in [9.17, 15) is 9.59 Å². The molecule has 0 radical (unpaired) electrons. The van der Waals surface area contributed by atoms with Crippen molar-refractivity contribution in [2.45, 2.75) is 26.4 Å². The van der Waals surface area contributed by atoms with Crippen LogP contribution in [0, 0.1) is 12.8 Å². The van der Waals surface area contributed by atoms with Gasteiger partial charge in [0.1, 0.15) is 6.04 Å². The van der Waals surface area contributed by atoms with Crippen molar-refractivity contribution in [2.24, 2.45) is 10.9 Å². The van der Waals surface area contributed by atoms with E-state index in [1.165, 1.54) is 5.56 Å². The van der Waals surface area contributed by atoms with Crippen molar-refractivity contribution < 1.29 is 23.8 Å². The van der Waals surface area contributed by atoms with E-state index < -0.39 is 17.9 Å². The van der Waals surface area contributed by atoms with Crippen LogP contribution in [0.5, 0.6) is 11.5 Å². The average molecular weight is 479 g/mol. The highest BCUT2D eigenvalue weighted by molar-refractivity contribution is 6.08. The highest BCUT2D eigenvalue weighted by atomic mass is 16.7. The molecule has 2 aromatic rings. The number of esters is 1. The van der Waals surface area contributed by atoms with Gasteiger partial charge in [-0.05, 0) is 37.1 Å². The first-order chi connectivity index (χ1) is 17.0. The van der Waals surface area contributed by atoms with Crippen LogP contribution in [0.15, 0.2) is 47.5 Å². The average Bonchev–Trinajstić information content (AvgIpc) is 3.32. The van der Waals surface area contributed by atoms with Crippen molar-refractivity contribution in [3.8, 4) is 11.5 Å². The van der Waals surface area contributed by atoms with Gasteiger partial charge in [0.2, 0.25) is 18.7 Å². The molecule has 0 bridgehead atoms. The van der Waals surface area contributed by atoms with Crippen molar-refractivity contribution in [2.75, 3.05) is 39.6 Å². The molecule has 0 spiro atoms. The normalized spacial score (nSPS) is 21.9. The Hall–Kier alpha value is -3.59. The fraction of sp³-hybridized carbons (Fsp3) is 0.423. The molecule has 9 heteroatoms. The number of fused-ring (bicyclic) bond motifs is 1. The van der Waals surface area contributed by atoms with Crippen LogP contribution in [0.3, 0.4) is 0 Å². The molecular weight excluding hydrogens is 448 g/mol. The first kappa shape index (κ1) is 23.2. The summed E-state index contributed by atoms with van der Waals surface area (Å²) in [7, 11) is 0. The summed E-state index contributed by atoms with van der Waals surface area (Å²) in [6.07, 6.45) is 0. The third kappa shape index (κ3) is 4.95. The highest BCUT2D eigenvalue weighted by Crippen LogP contribution is 2.33. The summed E-state index contributed by atoms with van der Waals surface area (Å²) in [5.41, 5.74) is 3.05. The van der Waals surface area contributed by atoms with Gasteiger partial charge in [0, 0.05) is 32.7 Å². The fourth-order valence-corrected chi connectivity index (χ4v) is 4.73. The number of hydrogen-bond acceptors (Lipinski definition) is 8. The maximum atomic E-state index is 13.1. The lowest BCUT2D eigenvalue weighted by atomic mass is 9.90. The third-order valence-corrected chi connectivity index (χ3v) is 6.53. The Bertz CT molecular complexity index is 1140. The van der Waals surface area contributed by atoms with Gasteiger partial charge in [0.25, 0.3) is 0 Å². The number of nitrogens with one attached hydrogen (secondary N) is 1. The summed E-state index contributed by atoms with van der Waals surface area (Å²) < 4.78 is 16.1. The van der Waals surface area contributed by atoms with Crippen LogP contribution >= 0.6 is 0 Å². The predicted octanol–water partition coefficient (Wildman–Crippen LogP) is 2.25. The second-order valence-corrected chi connectivity index (χ2v) is 8.98. The SMILES string of the molecule is CCOC(=O)[C@@H]1C(=O)NC(N2CCN(Cc3ccc4c(c3)OCO4)CC2)=N[C@@H]1c1cccc(C)c1. The molecule has 2 aromatic carbocycles. The number of amides is 1. The first-order valence-electron chi connectivity index (χ1n) is 12.0. The Kier molecular flexibility index (Phi) is 6.59. The van der Waals surface area contributed by atoms with E-state index in [0.29, 0.717) is 19.0 Å². The molecule has 184 valence electrons. The maximum Gasteiger partial charge on any atom is 0.321 e. The number of benzene rings is 2. The van der Waals surface area contributed by atoms with Gasteiger partial charge in [-0.2, -0.15) is 0 Å². The van der Waals surface area contributed by atoms with Gasteiger partial charge in [0.15, 0.2) is 17.4 Å². The third-order valence-electron chi connectivity index (χ3n) is 6.53. The van der Waals surface area contributed by atoms with Gasteiger partial charge in [-0.25, -0.2) is 4.99 Å². The van der Waals surface area contributed by atoms with E-state index >= 15 is 0 Å². The molecule has 9 nitrogen and oxygen atoms in total. The smallest absolute Gasteiger partial charge is 0.321 e. The minimum atomic E-state index is -1.01. The van der Waals surface area contributed by atoms with Gasteiger partial charge >= 0.3 is 5.97 Å². The van der Waals surface area contributed by atoms with Crippen LogP contribution in [0.25, 0.3) is 0 Å². The number of hydrogen-bond donors (Lipinski definition) is 1. The number of nitrogens with zero attached hydrogens (tertiary/aromatic N) is 3. The number of ether oxygens (including phenoxy) is 3. The summed E-state index contributed by atoms with van der Waals surface area (Å²) in [6, 6.07) is 13.2. The molecule has 3 aliphatic rings. The minimum Gasteiger partial charge on any atom is -0.465 e. The van der Waals surface area contributed by atoms with Crippen molar-refractivity contribution in [1.82, 2.24) is 15.1 Å². The van der Waals surface area contributed by atoms with Crippen molar-refractivity contribution in [3.63, 3.8) is 0 Å². The van der Waals surface area contributed by atoms with E-state index in [2.05, 4.69) is 21.2 Å². The van der Waals surface area contributed by atoms with Gasteiger partial charge in [-0.15, -0.1) is 0 Å². The van der Waals surface area contributed by atoms with Crippen molar-refractivity contribution in [1.29, 1.82) is 0 Å². The largest absolute Gasteiger partial charge is 0.465 e. The summed E-state index contributed by atoms with van der Waals surface area (Å²) in [5, 5.41) is 2.87. The van der Waals surface area contributed by atoms with E-state index in [1.807, 2.05) is 43.3 Å². The molecule has 1 saturated heterocycles. The second-order valence-electron chi connectivity index (χ2n) is 8.98. The first-order valence-corrected chi connectivity index (χ1v) is 12.0. The molecular formula is C26H30N4O5. The lowest BCUT2D eigenvalue weighted by molar-refractivity contribution is -0.153. The zero-order valence-corrected chi connectivity index (χ0v) is 20.0. The van der Waals surface area contributed by atoms with E-state index in [4.69, 9.17) is 19.2 Å². The number of guanidine groups is 1. The molecule has 5 rings (SSSR count). The van der Waals surface area contributed by atoms with Gasteiger partial charge < -0.3 is 19.1 Å². The zero-order valence-electron chi connectivity index (χ0n) is 20.0. The Morgan fingerprint density at radius 1 is 1.11 bits per heavy atom. The topological polar surface area (TPSA) is 92.7 Å². The summed E-state index contributed by atoms with van der Waals surface area (Å²) >= 11 is 0. The molecule has 3 aliphatic heterocycles. The van der Waals surface area contributed by atoms with Gasteiger partial charge in [-0.1, -0.05) is 35.9 Å². The Balaban J connectivity index is 1.29. The van der Waals surface area contributed by atoms with E-state index in [0.717, 1.165) is 42.3 Å². The van der Waals surface area contributed by atoms with Crippen LogP contribution in [-0.4, -0.2) is 67.2 Å². The Labute approximate surface area is 204 Å². The molecule has 0 aromatic heterocycles. The molecule has 1 fully saturated rings. The van der Waals surface area contributed by atoms with Gasteiger partial charge in [-0.3, -0.25) is 19.8 Å².